The number of piperidine rings is 1. The minimum absolute atomic E-state index is 0.256. The van der Waals surface area contributed by atoms with Crippen LogP contribution in [0.3, 0.4) is 0 Å². The number of nitrogens with zero attached hydrogens (tertiary/aromatic N) is 4. The number of hydrazine groups is 1. The van der Waals surface area contributed by atoms with Crippen LogP contribution in [0.25, 0.3) is 0 Å². The SMILES string of the molecule is CN1CCC(N(C)c2ncnc(NNC(=O)c3ccccc3)c2N)CC1. The number of nitrogen functional groups attached to an aromatic ring is 1. The number of rotatable bonds is 5. The van der Waals surface area contributed by atoms with E-state index in [0.717, 1.165) is 25.9 Å². The second kappa shape index (κ2) is 8.01. The molecule has 1 aromatic heterocycles. The highest BCUT2D eigenvalue weighted by Crippen LogP contribution is 2.28. The van der Waals surface area contributed by atoms with Crippen LogP contribution < -0.4 is 21.5 Å². The van der Waals surface area contributed by atoms with E-state index >= 15 is 0 Å². The van der Waals surface area contributed by atoms with Crippen molar-refractivity contribution in [2.24, 2.45) is 0 Å². The Balaban J connectivity index is 1.68. The summed E-state index contributed by atoms with van der Waals surface area (Å²) < 4.78 is 0. The van der Waals surface area contributed by atoms with Crippen molar-refractivity contribution in [2.45, 2.75) is 18.9 Å². The van der Waals surface area contributed by atoms with Gasteiger partial charge in [0.25, 0.3) is 5.91 Å². The summed E-state index contributed by atoms with van der Waals surface area (Å²) in [5, 5.41) is 0. The van der Waals surface area contributed by atoms with Gasteiger partial charge >= 0.3 is 0 Å². The molecule has 8 heteroatoms. The highest BCUT2D eigenvalue weighted by molar-refractivity contribution is 5.95. The largest absolute Gasteiger partial charge is 0.393 e. The fourth-order valence-corrected chi connectivity index (χ4v) is 3.10. The monoisotopic (exact) mass is 355 g/mol. The van der Waals surface area contributed by atoms with E-state index in [2.05, 4.69) is 37.7 Å². The molecular formula is C18H25N7O. The lowest BCUT2D eigenvalue weighted by Crippen LogP contribution is -2.42. The molecule has 26 heavy (non-hydrogen) atoms. The maximum atomic E-state index is 12.2. The lowest BCUT2D eigenvalue weighted by Gasteiger charge is -2.36. The number of carbonyl (C=O) groups is 1. The molecule has 138 valence electrons. The number of benzene rings is 1. The summed E-state index contributed by atoms with van der Waals surface area (Å²) in [7, 11) is 4.13. The summed E-state index contributed by atoms with van der Waals surface area (Å²) in [5.41, 5.74) is 12.7. The second-order valence-electron chi connectivity index (χ2n) is 6.55. The van der Waals surface area contributed by atoms with E-state index in [1.807, 2.05) is 25.2 Å². The number of likely N-dealkylation sites (tertiary alicyclic amines) is 1. The molecule has 2 aromatic rings. The quantitative estimate of drug-likeness (QED) is 0.696. The zero-order chi connectivity index (χ0) is 18.5. The molecule has 0 saturated carbocycles. The van der Waals surface area contributed by atoms with Gasteiger partial charge in [-0.3, -0.25) is 15.6 Å². The number of aromatic nitrogens is 2. The highest BCUT2D eigenvalue weighted by atomic mass is 16.2. The van der Waals surface area contributed by atoms with Gasteiger partial charge in [0.1, 0.15) is 12.0 Å². The number of anilines is 3. The Morgan fingerprint density at radius 2 is 1.92 bits per heavy atom. The Morgan fingerprint density at radius 3 is 2.62 bits per heavy atom. The molecule has 0 aliphatic carbocycles. The standard InChI is InChI=1S/C18H25N7O/c1-24-10-8-14(9-11-24)25(2)17-15(19)16(20-12-21-17)22-23-18(26)13-6-4-3-5-7-13/h3-7,12,14H,8-11,19H2,1-2H3,(H,23,26)(H,20,21,22). The fraction of sp³-hybridized carbons (Fsp3) is 0.389. The summed E-state index contributed by atoms with van der Waals surface area (Å²) in [6.07, 6.45) is 3.57. The molecule has 0 bridgehead atoms. The Bertz CT molecular complexity index is 744. The molecule has 1 aromatic carbocycles. The van der Waals surface area contributed by atoms with Crippen LogP contribution in [-0.4, -0.2) is 54.0 Å². The van der Waals surface area contributed by atoms with E-state index in [-0.39, 0.29) is 5.91 Å². The highest BCUT2D eigenvalue weighted by Gasteiger charge is 2.24. The number of nitrogens with one attached hydrogen (secondary N) is 2. The lowest BCUT2D eigenvalue weighted by molar-refractivity contribution is 0.0962. The van der Waals surface area contributed by atoms with Gasteiger partial charge in [0, 0.05) is 18.7 Å². The van der Waals surface area contributed by atoms with Gasteiger partial charge in [-0.2, -0.15) is 0 Å². The van der Waals surface area contributed by atoms with Gasteiger partial charge in [0.2, 0.25) is 0 Å². The van der Waals surface area contributed by atoms with Crippen molar-refractivity contribution < 1.29 is 4.79 Å². The Morgan fingerprint density at radius 1 is 1.23 bits per heavy atom. The average Bonchev–Trinajstić information content (AvgIpc) is 2.67. The lowest BCUT2D eigenvalue weighted by atomic mass is 10.0. The first-order valence-corrected chi connectivity index (χ1v) is 8.69. The van der Waals surface area contributed by atoms with Crippen LogP contribution in [0.2, 0.25) is 0 Å². The average molecular weight is 355 g/mol. The Kier molecular flexibility index (Phi) is 5.52. The van der Waals surface area contributed by atoms with Crippen LogP contribution in [0.4, 0.5) is 17.3 Å². The van der Waals surface area contributed by atoms with Gasteiger partial charge in [0.15, 0.2) is 11.6 Å². The fourth-order valence-electron chi connectivity index (χ4n) is 3.10. The summed E-state index contributed by atoms with van der Waals surface area (Å²) in [6.45, 7) is 2.11. The summed E-state index contributed by atoms with van der Waals surface area (Å²) >= 11 is 0. The molecule has 8 nitrogen and oxygen atoms in total. The maximum absolute atomic E-state index is 12.2. The third-order valence-electron chi connectivity index (χ3n) is 4.76. The summed E-state index contributed by atoms with van der Waals surface area (Å²) in [5.74, 6) is 0.805. The Hall–Kier alpha value is -2.87. The van der Waals surface area contributed by atoms with Crippen LogP contribution in [0.5, 0.6) is 0 Å². The number of carbonyl (C=O) groups excluding carboxylic acids is 1. The molecule has 2 heterocycles. The summed E-state index contributed by atoms with van der Waals surface area (Å²) in [6, 6.07) is 9.33. The molecule has 0 unspecified atom stereocenters. The molecule has 1 fully saturated rings. The molecule has 3 rings (SSSR count). The molecule has 0 atom stereocenters. The smallest absolute Gasteiger partial charge is 0.269 e. The minimum atomic E-state index is -0.256. The van der Waals surface area contributed by atoms with Crippen LogP contribution in [0.15, 0.2) is 36.7 Å². The minimum Gasteiger partial charge on any atom is -0.393 e. The van der Waals surface area contributed by atoms with Gasteiger partial charge in [-0.15, -0.1) is 0 Å². The van der Waals surface area contributed by atoms with Crippen LogP contribution in [0, 0.1) is 0 Å². The maximum Gasteiger partial charge on any atom is 0.269 e. The van der Waals surface area contributed by atoms with Crippen molar-refractivity contribution in [3.63, 3.8) is 0 Å². The van der Waals surface area contributed by atoms with Gasteiger partial charge in [-0.05, 0) is 45.1 Å². The van der Waals surface area contributed by atoms with Crippen molar-refractivity contribution >= 4 is 23.2 Å². The van der Waals surface area contributed by atoms with Crippen LogP contribution in [-0.2, 0) is 0 Å². The van der Waals surface area contributed by atoms with Crippen molar-refractivity contribution in [1.29, 1.82) is 0 Å². The normalized spacial score (nSPS) is 15.5. The predicted molar refractivity (Wildman–Crippen MR) is 103 cm³/mol. The van der Waals surface area contributed by atoms with Crippen LogP contribution in [0.1, 0.15) is 23.2 Å². The predicted octanol–water partition coefficient (Wildman–Crippen LogP) is 1.35. The topological polar surface area (TPSA) is 99.4 Å². The number of hydrogen-bond acceptors (Lipinski definition) is 7. The van der Waals surface area contributed by atoms with E-state index in [4.69, 9.17) is 5.73 Å². The first kappa shape index (κ1) is 17.9. The van der Waals surface area contributed by atoms with Crippen molar-refractivity contribution in [1.82, 2.24) is 20.3 Å². The first-order valence-electron chi connectivity index (χ1n) is 8.69. The molecule has 0 radical (unpaired) electrons. The van der Waals surface area contributed by atoms with E-state index < -0.39 is 0 Å². The number of nitrogens with two attached hydrogens (primary N) is 1. The zero-order valence-corrected chi connectivity index (χ0v) is 15.1. The van der Waals surface area contributed by atoms with Crippen molar-refractivity contribution in [3.05, 3.63) is 42.2 Å². The van der Waals surface area contributed by atoms with E-state index in [1.54, 1.807) is 12.1 Å². The van der Waals surface area contributed by atoms with E-state index in [1.165, 1.54) is 6.33 Å². The zero-order valence-electron chi connectivity index (χ0n) is 15.1. The van der Waals surface area contributed by atoms with Gasteiger partial charge < -0.3 is 15.5 Å². The third kappa shape index (κ3) is 4.02. The van der Waals surface area contributed by atoms with E-state index in [9.17, 15) is 4.79 Å². The molecule has 1 saturated heterocycles. The van der Waals surface area contributed by atoms with Crippen LogP contribution >= 0.6 is 0 Å². The molecule has 1 amide bonds. The second-order valence-corrected chi connectivity index (χ2v) is 6.55. The van der Waals surface area contributed by atoms with Gasteiger partial charge in [-0.25, -0.2) is 9.97 Å². The molecule has 1 aliphatic rings. The molecule has 1 aliphatic heterocycles. The third-order valence-corrected chi connectivity index (χ3v) is 4.76. The molecular weight excluding hydrogens is 330 g/mol. The number of amides is 1. The van der Waals surface area contributed by atoms with E-state index in [0.29, 0.717) is 28.9 Å². The van der Waals surface area contributed by atoms with Gasteiger partial charge in [0.05, 0.1) is 0 Å². The Labute approximate surface area is 153 Å². The van der Waals surface area contributed by atoms with Gasteiger partial charge in [-0.1, -0.05) is 18.2 Å². The van der Waals surface area contributed by atoms with Crippen molar-refractivity contribution in [2.75, 3.05) is 43.2 Å². The number of hydrogen-bond donors (Lipinski definition) is 3. The first-order chi connectivity index (χ1) is 12.6. The molecule has 0 spiro atoms. The molecule has 4 N–H and O–H groups in total. The van der Waals surface area contributed by atoms with Crippen molar-refractivity contribution in [3.8, 4) is 0 Å². The summed E-state index contributed by atoms with van der Waals surface area (Å²) in [4.78, 5) is 25.1.